The molecular formula is C14H14Br2N2O2. The molecule has 106 valence electrons. The van der Waals surface area contributed by atoms with Crippen LogP contribution in [0.3, 0.4) is 0 Å². The van der Waals surface area contributed by atoms with Gasteiger partial charge in [0.25, 0.3) is 0 Å². The summed E-state index contributed by atoms with van der Waals surface area (Å²) >= 11 is 6.92. The number of pyridine rings is 1. The molecule has 1 aromatic heterocycles. The summed E-state index contributed by atoms with van der Waals surface area (Å²) in [6, 6.07) is 7.60. The number of hydrogen-bond donors (Lipinski definition) is 1. The second-order valence-corrected chi connectivity index (χ2v) is 5.68. The van der Waals surface area contributed by atoms with Gasteiger partial charge in [-0.2, -0.15) is 0 Å². The third-order valence-electron chi connectivity index (χ3n) is 2.72. The molecular weight excluding hydrogens is 388 g/mol. The van der Waals surface area contributed by atoms with Gasteiger partial charge in [0, 0.05) is 18.8 Å². The number of anilines is 1. The number of rotatable bonds is 5. The van der Waals surface area contributed by atoms with Gasteiger partial charge < -0.3 is 14.8 Å². The molecule has 0 radical (unpaired) electrons. The van der Waals surface area contributed by atoms with E-state index >= 15 is 0 Å². The van der Waals surface area contributed by atoms with Crippen LogP contribution in [0.4, 0.5) is 5.82 Å². The van der Waals surface area contributed by atoms with Gasteiger partial charge in [-0.1, -0.05) is 6.07 Å². The topological polar surface area (TPSA) is 43.4 Å². The first kappa shape index (κ1) is 15.1. The van der Waals surface area contributed by atoms with E-state index < -0.39 is 0 Å². The molecule has 1 heterocycles. The summed E-state index contributed by atoms with van der Waals surface area (Å²) in [5.41, 5.74) is 0.994. The average molecular weight is 402 g/mol. The molecule has 4 nitrogen and oxygen atoms in total. The Morgan fingerprint density at radius 3 is 2.60 bits per heavy atom. The molecule has 1 aromatic carbocycles. The summed E-state index contributed by atoms with van der Waals surface area (Å²) in [4.78, 5) is 4.24. The van der Waals surface area contributed by atoms with Crippen LogP contribution in [0, 0.1) is 0 Å². The molecule has 0 fully saturated rings. The van der Waals surface area contributed by atoms with Crippen LogP contribution in [-0.2, 0) is 6.61 Å². The largest absolute Gasteiger partial charge is 0.496 e. The van der Waals surface area contributed by atoms with Crippen molar-refractivity contribution in [3.05, 3.63) is 45.0 Å². The average Bonchev–Trinajstić information content (AvgIpc) is 2.48. The second-order valence-electron chi connectivity index (χ2n) is 3.97. The first-order valence-corrected chi connectivity index (χ1v) is 7.51. The van der Waals surface area contributed by atoms with Gasteiger partial charge in [0.1, 0.15) is 23.9 Å². The molecule has 0 spiro atoms. The molecule has 2 rings (SSSR count). The van der Waals surface area contributed by atoms with Crippen molar-refractivity contribution < 1.29 is 9.47 Å². The lowest BCUT2D eigenvalue weighted by Gasteiger charge is -2.12. The lowest BCUT2D eigenvalue weighted by molar-refractivity contribution is 0.303. The van der Waals surface area contributed by atoms with Crippen LogP contribution in [0.15, 0.2) is 39.4 Å². The number of hydrogen-bond acceptors (Lipinski definition) is 4. The monoisotopic (exact) mass is 400 g/mol. The maximum Gasteiger partial charge on any atom is 0.135 e. The number of benzene rings is 1. The fourth-order valence-corrected chi connectivity index (χ4v) is 2.63. The summed E-state index contributed by atoms with van der Waals surface area (Å²) < 4.78 is 12.7. The smallest absolute Gasteiger partial charge is 0.135 e. The third kappa shape index (κ3) is 3.43. The molecule has 1 N–H and O–H groups in total. The van der Waals surface area contributed by atoms with Crippen molar-refractivity contribution in [2.45, 2.75) is 6.61 Å². The molecule has 0 aliphatic carbocycles. The normalized spacial score (nSPS) is 10.2. The lowest BCUT2D eigenvalue weighted by Crippen LogP contribution is -2.02. The van der Waals surface area contributed by atoms with Crippen LogP contribution in [0.5, 0.6) is 11.5 Å². The summed E-state index contributed by atoms with van der Waals surface area (Å²) in [6.07, 6.45) is 1.75. The van der Waals surface area contributed by atoms with Gasteiger partial charge in [-0.05, 0) is 50.1 Å². The standard InChI is InChI=1S/C14H14Br2N2O2/c1-17-14-9(4-3-5-18-14)8-20-13-7-10(15)12(19-2)6-11(13)16/h3-7H,8H2,1-2H3,(H,17,18). The minimum absolute atomic E-state index is 0.432. The maximum atomic E-state index is 5.83. The van der Waals surface area contributed by atoms with E-state index in [1.807, 2.05) is 31.3 Å². The molecule has 0 saturated heterocycles. The van der Waals surface area contributed by atoms with E-state index in [9.17, 15) is 0 Å². The zero-order valence-corrected chi connectivity index (χ0v) is 14.3. The van der Waals surface area contributed by atoms with E-state index in [2.05, 4.69) is 42.2 Å². The fraction of sp³-hybridized carbons (Fsp3) is 0.214. The Morgan fingerprint density at radius 1 is 1.20 bits per heavy atom. The minimum atomic E-state index is 0.432. The quantitative estimate of drug-likeness (QED) is 0.813. The van der Waals surface area contributed by atoms with Gasteiger partial charge >= 0.3 is 0 Å². The predicted molar refractivity (Wildman–Crippen MR) is 86.5 cm³/mol. The Morgan fingerprint density at radius 2 is 1.90 bits per heavy atom. The first-order valence-electron chi connectivity index (χ1n) is 5.93. The van der Waals surface area contributed by atoms with Crippen molar-refractivity contribution in [2.75, 3.05) is 19.5 Å². The number of nitrogens with one attached hydrogen (secondary N) is 1. The SMILES string of the molecule is CNc1ncccc1COc1cc(Br)c(OC)cc1Br. The fourth-order valence-electron chi connectivity index (χ4n) is 1.71. The summed E-state index contributed by atoms with van der Waals surface area (Å²) in [5, 5.41) is 3.04. The van der Waals surface area contributed by atoms with Crippen LogP contribution < -0.4 is 14.8 Å². The highest BCUT2D eigenvalue weighted by Crippen LogP contribution is 2.36. The van der Waals surface area contributed by atoms with E-state index in [-0.39, 0.29) is 0 Å². The minimum Gasteiger partial charge on any atom is -0.496 e. The van der Waals surface area contributed by atoms with Gasteiger partial charge in [0.2, 0.25) is 0 Å². The summed E-state index contributed by atoms with van der Waals surface area (Å²) in [7, 11) is 3.47. The number of halogens is 2. The zero-order chi connectivity index (χ0) is 14.5. The Labute approximate surface area is 134 Å². The van der Waals surface area contributed by atoms with E-state index in [1.54, 1.807) is 13.3 Å². The van der Waals surface area contributed by atoms with Crippen molar-refractivity contribution in [1.82, 2.24) is 4.98 Å². The van der Waals surface area contributed by atoms with Gasteiger partial charge in [-0.3, -0.25) is 0 Å². The Bertz CT molecular complexity index is 606. The van der Waals surface area contributed by atoms with Gasteiger partial charge in [-0.25, -0.2) is 4.98 Å². The van der Waals surface area contributed by atoms with E-state index in [1.165, 1.54) is 0 Å². The number of aromatic nitrogens is 1. The van der Waals surface area contributed by atoms with Crippen LogP contribution in [0.25, 0.3) is 0 Å². The van der Waals surface area contributed by atoms with E-state index in [4.69, 9.17) is 9.47 Å². The van der Waals surface area contributed by atoms with Crippen molar-refractivity contribution in [3.8, 4) is 11.5 Å². The van der Waals surface area contributed by atoms with Crippen molar-refractivity contribution >= 4 is 37.7 Å². The van der Waals surface area contributed by atoms with Crippen LogP contribution in [0.1, 0.15) is 5.56 Å². The Kier molecular flexibility index (Phi) is 5.25. The zero-order valence-electron chi connectivity index (χ0n) is 11.1. The highest BCUT2D eigenvalue weighted by molar-refractivity contribution is 9.11. The predicted octanol–water partition coefficient (Wildman–Crippen LogP) is 4.24. The van der Waals surface area contributed by atoms with Crippen LogP contribution >= 0.6 is 31.9 Å². The molecule has 0 aliphatic rings. The van der Waals surface area contributed by atoms with Gasteiger partial charge in [0.05, 0.1) is 16.1 Å². The van der Waals surface area contributed by atoms with Crippen molar-refractivity contribution in [1.29, 1.82) is 0 Å². The maximum absolute atomic E-state index is 5.83. The summed E-state index contributed by atoms with van der Waals surface area (Å²) in [6.45, 7) is 0.432. The molecule has 2 aromatic rings. The van der Waals surface area contributed by atoms with Gasteiger partial charge in [0.15, 0.2) is 0 Å². The van der Waals surface area contributed by atoms with E-state index in [0.717, 1.165) is 31.8 Å². The molecule has 0 unspecified atom stereocenters. The third-order valence-corrected chi connectivity index (χ3v) is 3.96. The number of ether oxygens (including phenoxy) is 2. The van der Waals surface area contributed by atoms with Crippen LogP contribution in [-0.4, -0.2) is 19.1 Å². The Hall–Kier alpha value is -1.27. The molecule has 0 amide bonds. The molecule has 6 heteroatoms. The molecule has 20 heavy (non-hydrogen) atoms. The molecule has 0 bridgehead atoms. The van der Waals surface area contributed by atoms with Gasteiger partial charge in [-0.15, -0.1) is 0 Å². The highest BCUT2D eigenvalue weighted by atomic mass is 79.9. The Balaban J connectivity index is 2.17. The lowest BCUT2D eigenvalue weighted by atomic mass is 10.2. The first-order chi connectivity index (χ1) is 9.65. The second kappa shape index (κ2) is 6.95. The molecule has 0 saturated carbocycles. The number of methoxy groups -OCH3 is 1. The summed E-state index contributed by atoms with van der Waals surface area (Å²) in [5.74, 6) is 2.31. The number of nitrogens with zero attached hydrogens (tertiary/aromatic N) is 1. The van der Waals surface area contributed by atoms with E-state index in [0.29, 0.717) is 6.61 Å². The molecule has 0 aliphatic heterocycles. The van der Waals surface area contributed by atoms with Crippen molar-refractivity contribution in [3.63, 3.8) is 0 Å². The van der Waals surface area contributed by atoms with Crippen molar-refractivity contribution in [2.24, 2.45) is 0 Å². The highest BCUT2D eigenvalue weighted by Gasteiger charge is 2.09. The molecule has 0 atom stereocenters. The van der Waals surface area contributed by atoms with Crippen LogP contribution in [0.2, 0.25) is 0 Å².